The van der Waals surface area contributed by atoms with Crippen molar-refractivity contribution in [2.75, 3.05) is 0 Å². The molecule has 16 heavy (non-hydrogen) atoms. The topological polar surface area (TPSA) is 88.1 Å². The molecule has 0 aliphatic rings. The molecule has 0 fully saturated rings. The van der Waals surface area contributed by atoms with Gasteiger partial charge in [-0.05, 0) is 0 Å². The Hall–Kier alpha value is -0.730. The number of isocyanates is 1. The molecule has 0 amide bonds. The summed E-state index contributed by atoms with van der Waals surface area (Å²) in [4.78, 5) is 12.3. The van der Waals surface area contributed by atoms with Gasteiger partial charge in [-0.1, -0.05) is 0 Å². The average Bonchev–Trinajstić information content (AvgIpc) is 1.97. The zero-order valence-electron chi connectivity index (χ0n) is 7.54. The van der Waals surface area contributed by atoms with Crippen molar-refractivity contribution >= 4 is 6.08 Å². The minimum Gasteiger partial charge on any atom is -0.373 e. The van der Waals surface area contributed by atoms with E-state index in [1.165, 1.54) is 4.91 Å². The van der Waals surface area contributed by atoms with Crippen LogP contribution in [-0.4, -0.2) is 24.5 Å². The van der Waals surface area contributed by atoms with Crippen molar-refractivity contribution in [1.82, 2.24) is 0 Å². The van der Waals surface area contributed by atoms with Crippen LogP contribution >= 0.6 is 0 Å². The van der Waals surface area contributed by atoms with E-state index in [0.717, 1.165) is 0 Å². The number of alkyl halides is 6. The van der Waals surface area contributed by atoms with Gasteiger partial charge in [0.1, 0.15) is 0 Å². The van der Waals surface area contributed by atoms with Crippen molar-refractivity contribution in [2.24, 2.45) is 4.99 Å². The Morgan fingerprint density at radius 2 is 1.31 bits per heavy atom. The van der Waals surface area contributed by atoms with Crippen molar-refractivity contribution in [3.05, 3.63) is 16.0 Å². The zero-order chi connectivity index (χ0) is 12.7. The van der Waals surface area contributed by atoms with Crippen LogP contribution in [0.2, 0.25) is 0 Å². The summed E-state index contributed by atoms with van der Waals surface area (Å²) in [6.45, 7) is 0. The van der Waals surface area contributed by atoms with Crippen LogP contribution in [0, 0.1) is 0 Å². The Morgan fingerprint density at radius 3 is 1.38 bits per heavy atom. The maximum absolute atomic E-state index is 11.4. The number of nitrogens with zero attached hydrogens (tertiary/aromatic N) is 4. The number of hydrogen-bond acceptors (Lipinski definition) is 2. The first-order chi connectivity index (χ1) is 6.61. The summed E-state index contributed by atoms with van der Waals surface area (Å²) in [6, 6.07) is -3.97. The maximum Gasteiger partial charge on any atom is 1.00 e. The molecule has 0 heterocycles. The van der Waals surface area contributed by atoms with Gasteiger partial charge in [0.2, 0.25) is 6.08 Å². The molecule has 0 bridgehead atoms. The smallest absolute Gasteiger partial charge is 0.373 e. The fraction of sp³-hybridized carbons (Fsp3) is 0.750. The molecule has 0 aromatic carbocycles. The molecule has 0 rings (SSSR count). The van der Waals surface area contributed by atoms with E-state index in [1.807, 2.05) is 0 Å². The molecule has 0 aliphatic carbocycles. The van der Waals surface area contributed by atoms with Crippen LogP contribution < -0.4 is 29.6 Å². The third-order valence-electron chi connectivity index (χ3n) is 0.802. The Morgan fingerprint density at radius 1 is 1.06 bits per heavy atom. The molecule has 0 atom stereocenters. The SMILES string of the molecule is O=C=NC(C(F)(F)F)C(F)(F)F.[N-]=[N+]=[N-].[Na+]. The van der Waals surface area contributed by atoms with Gasteiger partial charge < -0.3 is 11.1 Å². The van der Waals surface area contributed by atoms with Crippen molar-refractivity contribution < 1.29 is 60.7 Å². The minimum absolute atomic E-state index is 0. The number of halogens is 6. The Bertz CT molecular complexity index is 261. The normalized spacial score (nSPS) is 10.2. The number of hydrogen-bond donors (Lipinski definition) is 0. The second-order valence-corrected chi connectivity index (χ2v) is 1.80. The van der Waals surface area contributed by atoms with E-state index >= 15 is 0 Å². The first-order valence-corrected chi connectivity index (χ1v) is 2.80. The Labute approximate surface area is 106 Å². The molecule has 0 aromatic rings. The van der Waals surface area contributed by atoms with Gasteiger partial charge in [0.25, 0.3) is 6.04 Å². The number of aliphatic imine (C=N–C) groups is 1. The summed E-state index contributed by atoms with van der Waals surface area (Å²) in [5, 5.41) is 0. The third kappa shape index (κ3) is 9.81. The van der Waals surface area contributed by atoms with Gasteiger partial charge in [0.05, 0.1) is 0 Å². The maximum atomic E-state index is 11.4. The van der Waals surface area contributed by atoms with Gasteiger partial charge in [0.15, 0.2) is 0 Å². The molecule has 0 spiro atoms. The second kappa shape index (κ2) is 8.43. The van der Waals surface area contributed by atoms with Gasteiger partial charge in [-0.15, -0.1) is 0 Å². The van der Waals surface area contributed by atoms with Gasteiger partial charge in [-0.3, -0.25) is 4.91 Å². The quantitative estimate of drug-likeness (QED) is 0.121. The summed E-state index contributed by atoms with van der Waals surface area (Å²) in [6.07, 6.45) is -11.0. The largest absolute Gasteiger partial charge is 1.00 e. The van der Waals surface area contributed by atoms with Crippen LogP contribution in [0.3, 0.4) is 0 Å². The van der Waals surface area contributed by atoms with Crippen LogP contribution in [0.15, 0.2) is 4.99 Å². The van der Waals surface area contributed by atoms with E-state index in [1.54, 1.807) is 4.99 Å². The molecule has 0 saturated carbocycles. The van der Waals surface area contributed by atoms with Crippen LogP contribution in [0.1, 0.15) is 0 Å². The zero-order valence-corrected chi connectivity index (χ0v) is 9.54. The van der Waals surface area contributed by atoms with Crippen molar-refractivity contribution in [3.8, 4) is 0 Å². The van der Waals surface area contributed by atoms with Crippen LogP contribution in [-0.2, 0) is 4.79 Å². The van der Waals surface area contributed by atoms with E-state index in [9.17, 15) is 31.1 Å². The van der Waals surface area contributed by atoms with E-state index in [0.29, 0.717) is 0 Å². The van der Waals surface area contributed by atoms with Crippen LogP contribution in [0.25, 0.3) is 16.0 Å². The molecule has 86 valence electrons. The summed E-state index contributed by atoms with van der Waals surface area (Å²) in [7, 11) is 0. The average molecular weight is 258 g/mol. The molecule has 5 nitrogen and oxygen atoms in total. The number of carbonyl (C=O) groups excluding carboxylic acids is 1. The fourth-order valence-corrected chi connectivity index (χ4v) is 0.385. The number of rotatable bonds is 1. The first-order valence-electron chi connectivity index (χ1n) is 2.80. The van der Waals surface area contributed by atoms with Crippen LogP contribution in [0.5, 0.6) is 0 Å². The third-order valence-corrected chi connectivity index (χ3v) is 0.802. The van der Waals surface area contributed by atoms with E-state index in [4.69, 9.17) is 11.1 Å². The molecule has 0 aliphatic heterocycles. The summed E-state index contributed by atoms with van der Waals surface area (Å²) in [5.74, 6) is 0. The predicted molar refractivity (Wildman–Crippen MR) is 34.1 cm³/mol. The van der Waals surface area contributed by atoms with Gasteiger partial charge in [-0.2, -0.15) is 31.3 Å². The standard InChI is InChI=1S/C4HF6NO.N3.Na/c5-3(6,7)2(11-1-12)4(8,9)10;1-3-2;/h2H;;/q;-1;+1. The summed E-state index contributed by atoms with van der Waals surface area (Å²) < 4.78 is 68.5. The first kappa shape index (κ1) is 20.7. The fourth-order valence-electron chi connectivity index (χ4n) is 0.385. The van der Waals surface area contributed by atoms with Gasteiger partial charge in [0, 0.05) is 0 Å². The molecular formula is C4HF6N4NaO. The molecule has 0 N–H and O–H groups in total. The summed E-state index contributed by atoms with van der Waals surface area (Å²) >= 11 is 0. The monoisotopic (exact) mass is 258 g/mol. The van der Waals surface area contributed by atoms with E-state index in [2.05, 4.69) is 0 Å². The summed E-state index contributed by atoms with van der Waals surface area (Å²) in [5.41, 5.74) is 13.5. The van der Waals surface area contributed by atoms with E-state index in [-0.39, 0.29) is 35.6 Å². The van der Waals surface area contributed by atoms with E-state index < -0.39 is 18.4 Å². The van der Waals surface area contributed by atoms with Gasteiger partial charge in [-0.25, -0.2) is 4.79 Å². The van der Waals surface area contributed by atoms with Gasteiger partial charge >= 0.3 is 41.9 Å². The van der Waals surface area contributed by atoms with Crippen molar-refractivity contribution in [2.45, 2.75) is 18.4 Å². The molecule has 0 aromatic heterocycles. The molecule has 0 saturated heterocycles. The molecular weight excluding hydrogens is 257 g/mol. The molecule has 0 unspecified atom stereocenters. The minimum atomic E-state index is -5.60. The van der Waals surface area contributed by atoms with Crippen molar-refractivity contribution in [1.29, 1.82) is 0 Å². The predicted octanol–water partition coefficient (Wildman–Crippen LogP) is -0.315. The molecule has 12 heteroatoms. The van der Waals surface area contributed by atoms with Crippen molar-refractivity contribution in [3.63, 3.8) is 0 Å². The Balaban J connectivity index is -0.000000377. The Kier molecular flexibility index (Phi) is 10.9. The van der Waals surface area contributed by atoms with Crippen LogP contribution in [0.4, 0.5) is 26.3 Å². The second-order valence-electron chi connectivity index (χ2n) is 1.80. The molecule has 0 radical (unpaired) electrons.